The Labute approximate surface area is 91.5 Å². The summed E-state index contributed by atoms with van der Waals surface area (Å²) in [5, 5.41) is 0. The van der Waals surface area contributed by atoms with Crippen LogP contribution in [0.2, 0.25) is 0 Å². The molecule has 0 bridgehead atoms. The fourth-order valence-corrected chi connectivity index (χ4v) is 0.947. The molecule has 0 unspecified atom stereocenters. The van der Waals surface area contributed by atoms with Gasteiger partial charge in [0.1, 0.15) is 0 Å². The largest absolute Gasteiger partial charge is 0.236 e. The molecule has 0 rings (SSSR count). The molecule has 0 saturated heterocycles. The quantitative estimate of drug-likeness (QED) is 0.370. The second kappa shape index (κ2) is 18.5. The minimum absolute atomic E-state index is 0.160. The van der Waals surface area contributed by atoms with Crippen LogP contribution in [0.3, 0.4) is 0 Å². The zero-order chi connectivity index (χ0) is 11.8. The van der Waals surface area contributed by atoms with Gasteiger partial charge in [0, 0.05) is 0 Å². The van der Waals surface area contributed by atoms with Gasteiger partial charge in [-0.1, -0.05) is 52.4 Å². The zero-order valence-electron chi connectivity index (χ0n) is 9.66. The van der Waals surface area contributed by atoms with E-state index in [1.165, 1.54) is 50.7 Å². The smallest absolute Gasteiger partial charge is 0.211 e. The SMILES string of the molecule is CCCCCCCC.O=C=NCN=C=O. The molecule has 0 aromatic carbocycles. The van der Waals surface area contributed by atoms with E-state index in [9.17, 15) is 9.59 Å². The van der Waals surface area contributed by atoms with Crippen molar-refractivity contribution in [2.45, 2.75) is 52.4 Å². The lowest BCUT2D eigenvalue weighted by Gasteiger charge is -1.93. The summed E-state index contributed by atoms with van der Waals surface area (Å²) in [6.07, 6.45) is 10.9. The molecule has 0 spiro atoms. The lowest BCUT2D eigenvalue weighted by molar-refractivity contribution is 0.560. The molecular weight excluding hydrogens is 192 g/mol. The van der Waals surface area contributed by atoms with Crippen molar-refractivity contribution in [1.82, 2.24) is 0 Å². The van der Waals surface area contributed by atoms with Gasteiger partial charge in [-0.25, -0.2) is 9.59 Å². The Morgan fingerprint density at radius 2 is 1.20 bits per heavy atom. The normalized spacial score (nSPS) is 7.87. The van der Waals surface area contributed by atoms with Crippen molar-refractivity contribution < 1.29 is 9.59 Å². The molecule has 0 radical (unpaired) electrons. The van der Waals surface area contributed by atoms with Crippen LogP contribution in [0.25, 0.3) is 0 Å². The number of aliphatic imine (C=N–C) groups is 2. The maximum Gasteiger partial charge on any atom is 0.236 e. The maximum absolute atomic E-state index is 9.20. The van der Waals surface area contributed by atoms with Gasteiger partial charge in [0.15, 0.2) is 6.67 Å². The number of isocyanates is 2. The van der Waals surface area contributed by atoms with Crippen LogP contribution in [0.15, 0.2) is 9.98 Å². The summed E-state index contributed by atoms with van der Waals surface area (Å²) in [5.74, 6) is 0. The van der Waals surface area contributed by atoms with E-state index in [0.717, 1.165) is 0 Å². The van der Waals surface area contributed by atoms with Crippen LogP contribution in [0.1, 0.15) is 52.4 Å². The highest BCUT2D eigenvalue weighted by Crippen LogP contribution is 2.03. The number of hydrogen-bond donors (Lipinski definition) is 0. The molecule has 0 aliphatic carbocycles. The van der Waals surface area contributed by atoms with Gasteiger partial charge in [-0.05, 0) is 0 Å². The molecule has 15 heavy (non-hydrogen) atoms. The molecule has 0 fully saturated rings. The van der Waals surface area contributed by atoms with E-state index in [-0.39, 0.29) is 6.67 Å². The first kappa shape index (κ1) is 16.2. The Bertz CT molecular complexity index is 183. The fraction of sp³-hybridized carbons (Fsp3) is 0.818. The third kappa shape index (κ3) is 24.5. The van der Waals surface area contributed by atoms with Crippen molar-refractivity contribution in [2.24, 2.45) is 9.98 Å². The van der Waals surface area contributed by atoms with E-state index in [1.807, 2.05) is 0 Å². The van der Waals surface area contributed by atoms with Gasteiger partial charge in [0.05, 0.1) is 0 Å². The fourth-order valence-electron chi connectivity index (χ4n) is 0.947. The highest BCUT2D eigenvalue weighted by molar-refractivity contribution is 5.35. The van der Waals surface area contributed by atoms with E-state index < -0.39 is 0 Å². The highest BCUT2D eigenvalue weighted by Gasteiger charge is 1.83. The van der Waals surface area contributed by atoms with Crippen molar-refractivity contribution >= 4 is 12.2 Å². The molecule has 0 aliphatic heterocycles. The number of hydrogen-bond acceptors (Lipinski definition) is 4. The van der Waals surface area contributed by atoms with E-state index in [0.29, 0.717) is 0 Å². The summed E-state index contributed by atoms with van der Waals surface area (Å²) in [6, 6.07) is 0. The van der Waals surface area contributed by atoms with Gasteiger partial charge in [0.2, 0.25) is 12.2 Å². The Morgan fingerprint density at radius 3 is 1.47 bits per heavy atom. The molecule has 0 amide bonds. The summed E-state index contributed by atoms with van der Waals surface area (Å²) in [4.78, 5) is 24.2. The van der Waals surface area contributed by atoms with Gasteiger partial charge in [0.25, 0.3) is 0 Å². The topological polar surface area (TPSA) is 58.9 Å². The average molecular weight is 212 g/mol. The number of rotatable bonds is 7. The molecule has 0 heterocycles. The van der Waals surface area contributed by atoms with Crippen LogP contribution in [0.4, 0.5) is 0 Å². The molecule has 0 atom stereocenters. The predicted octanol–water partition coefficient (Wildman–Crippen LogP) is 2.98. The van der Waals surface area contributed by atoms with Crippen LogP contribution in [-0.4, -0.2) is 18.8 Å². The third-order valence-electron chi connectivity index (χ3n) is 1.73. The molecule has 0 aromatic rings. The van der Waals surface area contributed by atoms with Crippen LogP contribution in [0, 0.1) is 0 Å². The first-order valence-electron chi connectivity index (χ1n) is 5.40. The first-order valence-corrected chi connectivity index (χ1v) is 5.40. The second-order valence-electron chi connectivity index (χ2n) is 3.05. The number of carbonyl (C=O) groups excluding carboxylic acids is 2. The monoisotopic (exact) mass is 212 g/mol. The van der Waals surface area contributed by atoms with Gasteiger partial charge in [-0.2, -0.15) is 9.98 Å². The van der Waals surface area contributed by atoms with Crippen LogP contribution >= 0.6 is 0 Å². The Kier molecular flexibility index (Phi) is 20.0. The summed E-state index contributed by atoms with van der Waals surface area (Å²) in [7, 11) is 0. The first-order chi connectivity index (χ1) is 7.33. The second-order valence-corrected chi connectivity index (χ2v) is 3.05. The zero-order valence-corrected chi connectivity index (χ0v) is 9.66. The lowest BCUT2D eigenvalue weighted by Crippen LogP contribution is -1.73. The molecule has 0 N–H and O–H groups in total. The summed E-state index contributed by atoms with van der Waals surface area (Å²) in [6.45, 7) is 4.35. The van der Waals surface area contributed by atoms with Crippen molar-refractivity contribution in [3.63, 3.8) is 0 Å². The molecule has 4 nitrogen and oxygen atoms in total. The summed E-state index contributed by atoms with van der Waals surface area (Å²) < 4.78 is 0. The molecule has 86 valence electrons. The van der Waals surface area contributed by atoms with Gasteiger partial charge in [-0.3, -0.25) is 0 Å². The summed E-state index contributed by atoms with van der Waals surface area (Å²) >= 11 is 0. The van der Waals surface area contributed by atoms with Crippen molar-refractivity contribution in [3.8, 4) is 0 Å². The van der Waals surface area contributed by atoms with Gasteiger partial charge in [-0.15, -0.1) is 0 Å². The van der Waals surface area contributed by atoms with E-state index in [2.05, 4.69) is 23.8 Å². The van der Waals surface area contributed by atoms with Gasteiger partial charge >= 0.3 is 0 Å². The number of unbranched alkanes of at least 4 members (excludes halogenated alkanes) is 5. The molecule has 0 saturated carbocycles. The van der Waals surface area contributed by atoms with Crippen molar-refractivity contribution in [1.29, 1.82) is 0 Å². The maximum atomic E-state index is 9.20. The predicted molar refractivity (Wildman–Crippen MR) is 60.2 cm³/mol. The summed E-state index contributed by atoms with van der Waals surface area (Å²) in [5.41, 5.74) is 0. The van der Waals surface area contributed by atoms with Crippen molar-refractivity contribution in [2.75, 3.05) is 6.67 Å². The minimum Gasteiger partial charge on any atom is -0.211 e. The van der Waals surface area contributed by atoms with E-state index in [1.54, 1.807) is 0 Å². The minimum atomic E-state index is -0.160. The Morgan fingerprint density at radius 1 is 0.800 bits per heavy atom. The molecule has 4 heteroatoms. The Balaban J connectivity index is 0. The molecular formula is C11H20N2O2. The third-order valence-corrected chi connectivity index (χ3v) is 1.73. The molecule has 0 aromatic heterocycles. The van der Waals surface area contributed by atoms with Crippen molar-refractivity contribution in [3.05, 3.63) is 0 Å². The van der Waals surface area contributed by atoms with Crippen LogP contribution < -0.4 is 0 Å². The highest BCUT2D eigenvalue weighted by atomic mass is 16.1. The average Bonchev–Trinajstić information content (AvgIpc) is 2.26. The van der Waals surface area contributed by atoms with E-state index in [4.69, 9.17) is 0 Å². The van der Waals surface area contributed by atoms with Gasteiger partial charge < -0.3 is 0 Å². The molecule has 0 aliphatic rings. The van der Waals surface area contributed by atoms with Crippen LogP contribution in [-0.2, 0) is 9.59 Å². The Hall–Kier alpha value is -1.24. The lowest BCUT2D eigenvalue weighted by atomic mass is 10.1. The van der Waals surface area contributed by atoms with Crippen LogP contribution in [0.5, 0.6) is 0 Å². The van der Waals surface area contributed by atoms with E-state index >= 15 is 0 Å². The number of nitrogens with zero attached hydrogens (tertiary/aromatic N) is 2. The standard InChI is InChI=1S/C8H18.C3H2N2O2/c1-3-5-7-8-6-4-2;6-2-4-1-5-3-7/h3-8H2,1-2H3;1H2.